The van der Waals surface area contributed by atoms with Crippen LogP contribution in [0.4, 0.5) is 0 Å². The van der Waals surface area contributed by atoms with Gasteiger partial charge in [0.1, 0.15) is 4.88 Å². The van der Waals surface area contributed by atoms with Crippen LogP contribution >= 0.6 is 23.1 Å². The third-order valence-electron chi connectivity index (χ3n) is 4.18. The summed E-state index contributed by atoms with van der Waals surface area (Å²) in [5.74, 6) is -1.10. The number of sulfone groups is 1. The molecule has 2 aliphatic heterocycles. The molecule has 164 valence electrons. The highest BCUT2D eigenvalue weighted by Crippen LogP contribution is 2.32. The average molecular weight is 491 g/mol. The second-order valence-electron chi connectivity index (χ2n) is 6.44. The van der Waals surface area contributed by atoms with Crippen molar-refractivity contribution in [3.63, 3.8) is 0 Å². The Hall–Kier alpha value is -3.29. The fourth-order valence-corrected chi connectivity index (χ4v) is 4.98. The molecule has 0 radical (unpaired) electrons. The first-order valence-electron chi connectivity index (χ1n) is 8.81. The van der Waals surface area contributed by atoms with Crippen LogP contribution in [0.1, 0.15) is 15.2 Å². The molecular formula is C19H14N4O6S3. The summed E-state index contributed by atoms with van der Waals surface area (Å²) in [7, 11) is -2.21. The number of nitrogens with one attached hydrogen (secondary N) is 1. The predicted octanol–water partition coefficient (Wildman–Crippen LogP) is 2.60. The van der Waals surface area contributed by atoms with Gasteiger partial charge in [-0.3, -0.25) is 10.2 Å². The molecule has 1 aromatic heterocycles. The van der Waals surface area contributed by atoms with Crippen molar-refractivity contribution in [3.8, 4) is 11.5 Å². The molecule has 3 heterocycles. The Balaban J connectivity index is 1.62. The Morgan fingerprint density at radius 1 is 1.25 bits per heavy atom. The van der Waals surface area contributed by atoms with Crippen molar-refractivity contribution in [1.82, 2.24) is 5.01 Å². The molecule has 32 heavy (non-hydrogen) atoms. The molecule has 0 spiro atoms. The van der Waals surface area contributed by atoms with Gasteiger partial charge >= 0.3 is 5.97 Å². The van der Waals surface area contributed by atoms with Gasteiger partial charge in [0.05, 0.1) is 12.7 Å². The molecule has 0 saturated heterocycles. The first kappa shape index (κ1) is 21.9. The number of methoxy groups -OCH3 is 1. The summed E-state index contributed by atoms with van der Waals surface area (Å²) in [6.45, 7) is 0. The molecule has 0 aliphatic carbocycles. The van der Waals surface area contributed by atoms with Crippen LogP contribution < -0.4 is 9.47 Å². The van der Waals surface area contributed by atoms with E-state index in [1.54, 1.807) is 23.6 Å². The SMILES string of the molecule is COc1cc(/C=C2\C(=N)N3N=C(S(C)(=O)=O)SC3=NC2=O)ccc1OC(=O)c1cccs1. The fourth-order valence-electron chi connectivity index (χ4n) is 2.69. The third kappa shape index (κ3) is 4.22. The van der Waals surface area contributed by atoms with Gasteiger partial charge in [-0.1, -0.05) is 12.1 Å². The number of hydrogen-bond acceptors (Lipinski definition) is 10. The number of benzene rings is 1. The van der Waals surface area contributed by atoms with Gasteiger partial charge in [-0.25, -0.2) is 13.2 Å². The maximum atomic E-state index is 12.5. The molecule has 1 amide bonds. The molecule has 0 saturated carbocycles. The van der Waals surface area contributed by atoms with Crippen LogP contribution in [0.15, 0.2) is 51.4 Å². The van der Waals surface area contributed by atoms with Gasteiger partial charge in [0.25, 0.3) is 5.91 Å². The molecule has 1 N–H and O–H groups in total. The summed E-state index contributed by atoms with van der Waals surface area (Å²) in [6.07, 6.45) is 2.39. The van der Waals surface area contributed by atoms with E-state index < -0.39 is 21.7 Å². The lowest BCUT2D eigenvalue weighted by molar-refractivity contribution is -0.114. The van der Waals surface area contributed by atoms with E-state index in [-0.39, 0.29) is 32.5 Å². The van der Waals surface area contributed by atoms with Crippen LogP contribution in [0.2, 0.25) is 0 Å². The molecule has 0 bridgehead atoms. The van der Waals surface area contributed by atoms with Gasteiger partial charge in [0.2, 0.25) is 19.4 Å². The summed E-state index contributed by atoms with van der Waals surface area (Å²) in [6, 6.07) is 8.00. The van der Waals surface area contributed by atoms with Crippen molar-refractivity contribution in [1.29, 1.82) is 5.41 Å². The van der Waals surface area contributed by atoms with Crippen molar-refractivity contribution in [2.24, 2.45) is 10.1 Å². The minimum absolute atomic E-state index is 0.00555. The average Bonchev–Trinajstić information content (AvgIpc) is 3.42. The number of hydrazone groups is 1. The van der Waals surface area contributed by atoms with Crippen LogP contribution in [-0.2, 0) is 14.6 Å². The number of thioether (sulfide) groups is 1. The first-order chi connectivity index (χ1) is 15.2. The first-order valence-corrected chi connectivity index (χ1v) is 12.4. The number of nitrogens with zero attached hydrogens (tertiary/aromatic N) is 3. The largest absolute Gasteiger partial charge is 0.493 e. The predicted molar refractivity (Wildman–Crippen MR) is 122 cm³/mol. The third-order valence-corrected chi connectivity index (χ3v) is 7.60. The Morgan fingerprint density at radius 3 is 2.69 bits per heavy atom. The zero-order valence-corrected chi connectivity index (χ0v) is 19.0. The van der Waals surface area contributed by atoms with E-state index in [1.807, 2.05) is 0 Å². The minimum Gasteiger partial charge on any atom is -0.493 e. The molecule has 10 nitrogen and oxygen atoms in total. The van der Waals surface area contributed by atoms with Crippen LogP contribution in [0.3, 0.4) is 0 Å². The lowest BCUT2D eigenvalue weighted by atomic mass is 10.1. The fraction of sp³-hybridized carbons (Fsp3) is 0.105. The maximum absolute atomic E-state index is 12.5. The number of carbonyl (C=O) groups excluding carboxylic acids is 2. The number of rotatable bonds is 4. The van der Waals surface area contributed by atoms with Crippen molar-refractivity contribution in [2.45, 2.75) is 0 Å². The van der Waals surface area contributed by atoms with Crippen molar-refractivity contribution in [2.75, 3.05) is 13.4 Å². The quantitative estimate of drug-likeness (QED) is 0.392. The molecular weight excluding hydrogens is 476 g/mol. The van der Waals surface area contributed by atoms with Gasteiger partial charge in [-0.2, -0.15) is 10.0 Å². The number of hydrogen-bond donors (Lipinski definition) is 1. The Bertz CT molecular complexity index is 1340. The molecule has 0 atom stereocenters. The maximum Gasteiger partial charge on any atom is 0.353 e. The van der Waals surface area contributed by atoms with E-state index >= 15 is 0 Å². The van der Waals surface area contributed by atoms with Crippen molar-refractivity contribution in [3.05, 3.63) is 51.7 Å². The van der Waals surface area contributed by atoms with Gasteiger partial charge in [-0.15, -0.1) is 16.4 Å². The van der Waals surface area contributed by atoms with E-state index in [0.29, 0.717) is 22.2 Å². The number of fused-ring (bicyclic) bond motifs is 1. The zero-order chi connectivity index (χ0) is 23.0. The minimum atomic E-state index is -3.61. The summed E-state index contributed by atoms with van der Waals surface area (Å²) in [5, 5.41) is 15.0. The molecule has 1 aromatic carbocycles. The highest BCUT2D eigenvalue weighted by Gasteiger charge is 2.38. The van der Waals surface area contributed by atoms with Crippen molar-refractivity contribution < 1.29 is 27.5 Å². The summed E-state index contributed by atoms with van der Waals surface area (Å²) in [4.78, 5) is 29.0. The molecule has 2 aromatic rings. The second kappa shape index (κ2) is 8.33. The highest BCUT2D eigenvalue weighted by molar-refractivity contribution is 8.42. The molecule has 0 fully saturated rings. The molecule has 2 aliphatic rings. The summed E-state index contributed by atoms with van der Waals surface area (Å²) >= 11 is 1.96. The lowest BCUT2D eigenvalue weighted by Crippen LogP contribution is -2.35. The van der Waals surface area contributed by atoms with Gasteiger partial charge in [-0.05, 0) is 47.0 Å². The van der Waals surface area contributed by atoms with Crippen LogP contribution in [0, 0.1) is 5.41 Å². The molecule has 4 rings (SSSR count). The number of thiophene rings is 1. The van der Waals surface area contributed by atoms with Gasteiger partial charge in [0, 0.05) is 6.26 Å². The van der Waals surface area contributed by atoms with Gasteiger partial charge < -0.3 is 9.47 Å². The van der Waals surface area contributed by atoms with E-state index in [4.69, 9.17) is 14.9 Å². The topological polar surface area (TPSA) is 139 Å². The van der Waals surface area contributed by atoms with E-state index in [1.165, 1.54) is 36.7 Å². The normalized spacial score (nSPS) is 17.2. The lowest BCUT2D eigenvalue weighted by Gasteiger charge is -2.20. The monoisotopic (exact) mass is 490 g/mol. The standard InChI is InChI=1S/C19H14N4O6S3/c1-28-13-9-10(5-6-12(13)29-17(25)14-4-3-7-30-14)8-11-15(20)23-18(21-16(11)24)31-19(22-23)32(2,26)27/h3-9,20H,1-2H3/b11-8+,20-15?. The second-order valence-corrected chi connectivity index (χ2v) is 10.5. The smallest absolute Gasteiger partial charge is 0.353 e. The summed E-state index contributed by atoms with van der Waals surface area (Å²) < 4.78 is 33.9. The molecule has 0 unspecified atom stereocenters. The van der Waals surface area contributed by atoms with Crippen molar-refractivity contribution >= 4 is 66.3 Å². The number of esters is 1. The van der Waals surface area contributed by atoms with Crippen LogP contribution in [0.5, 0.6) is 11.5 Å². The van der Waals surface area contributed by atoms with E-state index in [9.17, 15) is 18.0 Å². The number of aliphatic imine (C=N–C) groups is 1. The van der Waals surface area contributed by atoms with Crippen LogP contribution in [0.25, 0.3) is 6.08 Å². The number of amidine groups is 2. The van der Waals surface area contributed by atoms with Gasteiger partial charge in [0.15, 0.2) is 17.3 Å². The Kier molecular flexibility index (Phi) is 5.71. The van der Waals surface area contributed by atoms with E-state index in [2.05, 4.69) is 10.1 Å². The number of ether oxygens (including phenoxy) is 2. The zero-order valence-electron chi connectivity index (χ0n) is 16.6. The Labute approximate surface area is 190 Å². The summed E-state index contributed by atoms with van der Waals surface area (Å²) in [5.41, 5.74) is 0.391. The van der Waals surface area contributed by atoms with Crippen LogP contribution in [-0.4, -0.2) is 54.0 Å². The Morgan fingerprint density at radius 2 is 2.03 bits per heavy atom. The highest BCUT2D eigenvalue weighted by atomic mass is 32.3. The number of amides is 1. The van der Waals surface area contributed by atoms with E-state index in [0.717, 1.165) is 11.3 Å². The molecule has 13 heteroatoms. The number of carbonyl (C=O) groups is 2.